The van der Waals surface area contributed by atoms with Crippen molar-refractivity contribution in [1.82, 2.24) is 5.32 Å². The average molecular weight is 361 g/mol. The Morgan fingerprint density at radius 3 is 2.50 bits per heavy atom. The number of nitrogens with one attached hydrogen (secondary N) is 1. The van der Waals surface area contributed by atoms with E-state index in [-0.39, 0.29) is 23.3 Å². The van der Waals surface area contributed by atoms with Crippen molar-refractivity contribution in [3.05, 3.63) is 46.3 Å². The number of carbonyl (C=O) groups excluding carboxylic acids is 1. The van der Waals surface area contributed by atoms with Crippen molar-refractivity contribution in [3.63, 3.8) is 0 Å². The molecule has 0 radical (unpaired) electrons. The van der Waals surface area contributed by atoms with Crippen LogP contribution in [0.3, 0.4) is 0 Å². The number of ether oxygens (including phenoxy) is 1. The van der Waals surface area contributed by atoms with Gasteiger partial charge in [0.25, 0.3) is 5.91 Å². The standard InChI is InChI=1S/C13H13ClN2O4S2/c14-9-1-3-10(4-2-9)20-8-12(17)16-7-11-5-6-13(21-11)22(15,18)19/h1-6H,7-8H2,(H,16,17)(H2,15,18,19). The molecule has 6 nitrogen and oxygen atoms in total. The second-order valence-corrected chi connectivity index (χ2v) is 7.68. The molecule has 0 bridgehead atoms. The lowest BCUT2D eigenvalue weighted by Gasteiger charge is -2.06. The molecule has 3 N–H and O–H groups in total. The Balaban J connectivity index is 1.80. The van der Waals surface area contributed by atoms with E-state index in [0.717, 1.165) is 11.3 Å². The molecule has 1 heterocycles. The van der Waals surface area contributed by atoms with E-state index in [1.165, 1.54) is 6.07 Å². The molecule has 0 aliphatic heterocycles. The van der Waals surface area contributed by atoms with E-state index in [1.54, 1.807) is 30.3 Å². The summed E-state index contributed by atoms with van der Waals surface area (Å²) in [5.74, 6) is 0.215. The Kier molecular flexibility index (Phi) is 5.41. The van der Waals surface area contributed by atoms with Gasteiger partial charge in [0.1, 0.15) is 9.96 Å². The maximum atomic E-state index is 11.7. The second kappa shape index (κ2) is 7.10. The number of halogens is 1. The van der Waals surface area contributed by atoms with E-state index in [1.807, 2.05) is 0 Å². The number of primary sulfonamides is 1. The minimum atomic E-state index is -3.70. The van der Waals surface area contributed by atoms with Crippen molar-refractivity contribution in [3.8, 4) is 5.75 Å². The molecular formula is C13H13ClN2O4S2. The Morgan fingerprint density at radius 2 is 1.91 bits per heavy atom. The van der Waals surface area contributed by atoms with Crippen molar-refractivity contribution in [2.24, 2.45) is 5.14 Å². The van der Waals surface area contributed by atoms with Crippen molar-refractivity contribution < 1.29 is 17.9 Å². The van der Waals surface area contributed by atoms with Crippen LogP contribution in [0.2, 0.25) is 5.02 Å². The Hall–Kier alpha value is -1.61. The predicted octanol–water partition coefficient (Wildman–Crippen LogP) is 1.74. The number of benzene rings is 1. The fraction of sp³-hybridized carbons (Fsp3) is 0.154. The molecule has 0 saturated carbocycles. The summed E-state index contributed by atoms with van der Waals surface area (Å²) in [7, 11) is -3.70. The van der Waals surface area contributed by atoms with Crippen LogP contribution in [0.4, 0.5) is 0 Å². The number of sulfonamides is 1. The van der Waals surface area contributed by atoms with Gasteiger partial charge in [-0.15, -0.1) is 11.3 Å². The van der Waals surface area contributed by atoms with E-state index in [4.69, 9.17) is 21.5 Å². The first-order chi connectivity index (χ1) is 10.3. The zero-order valence-corrected chi connectivity index (χ0v) is 13.7. The molecular weight excluding hydrogens is 348 g/mol. The van der Waals surface area contributed by atoms with Crippen LogP contribution in [-0.4, -0.2) is 20.9 Å². The molecule has 2 aromatic rings. The molecule has 0 unspecified atom stereocenters. The van der Waals surface area contributed by atoms with Gasteiger partial charge >= 0.3 is 0 Å². The number of rotatable bonds is 6. The molecule has 0 fully saturated rings. The molecule has 9 heteroatoms. The molecule has 22 heavy (non-hydrogen) atoms. The van der Waals surface area contributed by atoms with Crippen molar-refractivity contribution in [2.75, 3.05) is 6.61 Å². The number of carbonyl (C=O) groups is 1. The molecule has 0 atom stereocenters. The first-order valence-corrected chi connectivity index (χ1v) is 8.85. The molecule has 0 spiro atoms. The third-order valence-electron chi connectivity index (χ3n) is 2.56. The average Bonchev–Trinajstić information content (AvgIpc) is 2.93. The van der Waals surface area contributed by atoms with Crippen LogP contribution in [-0.2, 0) is 21.4 Å². The quantitative estimate of drug-likeness (QED) is 0.819. The van der Waals surface area contributed by atoms with E-state index >= 15 is 0 Å². The molecule has 1 aromatic heterocycles. The molecule has 1 amide bonds. The summed E-state index contributed by atoms with van der Waals surface area (Å²) < 4.78 is 27.6. The second-order valence-electron chi connectivity index (χ2n) is 4.29. The summed E-state index contributed by atoms with van der Waals surface area (Å²) in [6.07, 6.45) is 0. The van der Waals surface area contributed by atoms with E-state index in [9.17, 15) is 13.2 Å². The highest BCUT2D eigenvalue weighted by atomic mass is 35.5. The number of hydrogen-bond acceptors (Lipinski definition) is 5. The first kappa shape index (κ1) is 16.8. The van der Waals surface area contributed by atoms with Gasteiger partial charge in [0.2, 0.25) is 10.0 Å². The SMILES string of the molecule is NS(=O)(=O)c1ccc(CNC(=O)COc2ccc(Cl)cc2)s1. The summed E-state index contributed by atoms with van der Waals surface area (Å²) in [6.45, 7) is 0.0675. The summed E-state index contributed by atoms with van der Waals surface area (Å²) in [5, 5.41) is 8.23. The van der Waals surface area contributed by atoms with Crippen molar-refractivity contribution in [2.45, 2.75) is 10.8 Å². The Bertz CT molecular complexity index is 757. The Morgan fingerprint density at radius 1 is 1.23 bits per heavy atom. The van der Waals surface area contributed by atoms with Crippen molar-refractivity contribution in [1.29, 1.82) is 0 Å². The van der Waals surface area contributed by atoms with Gasteiger partial charge in [-0.3, -0.25) is 4.79 Å². The van der Waals surface area contributed by atoms with Crippen LogP contribution >= 0.6 is 22.9 Å². The lowest BCUT2D eigenvalue weighted by Crippen LogP contribution is -2.28. The smallest absolute Gasteiger partial charge is 0.258 e. The van der Waals surface area contributed by atoms with Gasteiger partial charge in [-0.1, -0.05) is 11.6 Å². The van der Waals surface area contributed by atoms with Crippen LogP contribution in [0.15, 0.2) is 40.6 Å². The van der Waals surface area contributed by atoms with Crippen LogP contribution < -0.4 is 15.2 Å². The number of amides is 1. The largest absolute Gasteiger partial charge is 0.484 e. The van der Waals surface area contributed by atoms with Crippen molar-refractivity contribution >= 4 is 38.9 Å². The molecule has 2 rings (SSSR count). The summed E-state index contributed by atoms with van der Waals surface area (Å²) in [5.41, 5.74) is 0. The van der Waals surface area contributed by atoms with Gasteiger partial charge < -0.3 is 10.1 Å². The highest BCUT2D eigenvalue weighted by Crippen LogP contribution is 2.20. The van der Waals surface area contributed by atoms with E-state index < -0.39 is 10.0 Å². The monoisotopic (exact) mass is 360 g/mol. The number of thiophene rings is 1. The van der Waals surface area contributed by atoms with Crippen LogP contribution in [0, 0.1) is 0 Å². The van der Waals surface area contributed by atoms with Gasteiger partial charge in [-0.25, -0.2) is 13.6 Å². The highest BCUT2D eigenvalue weighted by Gasteiger charge is 2.11. The summed E-state index contributed by atoms with van der Waals surface area (Å²) >= 11 is 6.76. The number of nitrogens with two attached hydrogens (primary N) is 1. The fourth-order valence-corrected chi connectivity index (χ4v) is 3.37. The van der Waals surface area contributed by atoms with E-state index in [0.29, 0.717) is 15.6 Å². The zero-order chi connectivity index (χ0) is 16.2. The first-order valence-electron chi connectivity index (χ1n) is 6.11. The minimum absolute atomic E-state index is 0.0640. The maximum absolute atomic E-state index is 11.7. The molecule has 118 valence electrons. The Labute approximate surface area is 136 Å². The molecule has 0 aliphatic carbocycles. The molecule has 1 aromatic carbocycles. The normalized spacial score (nSPS) is 11.2. The minimum Gasteiger partial charge on any atom is -0.484 e. The summed E-state index contributed by atoms with van der Waals surface area (Å²) in [4.78, 5) is 12.3. The van der Waals surface area contributed by atoms with Crippen LogP contribution in [0.1, 0.15) is 4.88 Å². The number of hydrogen-bond donors (Lipinski definition) is 2. The highest BCUT2D eigenvalue weighted by molar-refractivity contribution is 7.91. The lowest BCUT2D eigenvalue weighted by molar-refractivity contribution is -0.123. The molecule has 0 saturated heterocycles. The predicted molar refractivity (Wildman–Crippen MR) is 84.5 cm³/mol. The topological polar surface area (TPSA) is 98.5 Å². The fourth-order valence-electron chi connectivity index (χ4n) is 1.52. The molecule has 0 aliphatic rings. The van der Waals surface area contributed by atoms with Crippen LogP contribution in [0.5, 0.6) is 5.75 Å². The van der Waals surface area contributed by atoms with Gasteiger partial charge in [0, 0.05) is 9.90 Å². The zero-order valence-electron chi connectivity index (χ0n) is 11.3. The third-order valence-corrected chi connectivity index (χ3v) is 5.34. The van der Waals surface area contributed by atoms with Gasteiger partial charge in [0.05, 0.1) is 6.54 Å². The van der Waals surface area contributed by atoms with E-state index in [2.05, 4.69) is 5.32 Å². The lowest BCUT2D eigenvalue weighted by atomic mass is 10.3. The van der Waals surface area contributed by atoms with Crippen LogP contribution in [0.25, 0.3) is 0 Å². The maximum Gasteiger partial charge on any atom is 0.258 e. The third kappa shape index (κ3) is 4.99. The summed E-state index contributed by atoms with van der Waals surface area (Å²) in [6, 6.07) is 9.65. The van der Waals surface area contributed by atoms with Gasteiger partial charge in [-0.05, 0) is 36.4 Å². The van der Waals surface area contributed by atoms with Gasteiger partial charge in [-0.2, -0.15) is 0 Å². The van der Waals surface area contributed by atoms with Gasteiger partial charge in [0.15, 0.2) is 6.61 Å².